The van der Waals surface area contributed by atoms with Crippen LogP contribution in [0, 0.1) is 0 Å². The number of hydrogen-bond donors (Lipinski definition) is 0. The van der Waals surface area contributed by atoms with Gasteiger partial charge in [0.1, 0.15) is 11.2 Å². The van der Waals surface area contributed by atoms with E-state index in [9.17, 15) is 0 Å². The van der Waals surface area contributed by atoms with Gasteiger partial charge in [-0.05, 0) is 116 Å². The molecule has 0 unspecified atom stereocenters. The topological polar surface area (TPSA) is 16.4 Å². The first-order valence-electron chi connectivity index (χ1n) is 20.1. The van der Waals surface area contributed by atoms with E-state index in [0.717, 1.165) is 44.7 Å². The molecule has 12 rings (SSSR count). The van der Waals surface area contributed by atoms with Gasteiger partial charge in [-0.25, -0.2) is 0 Å². The molecule has 0 radical (unpaired) electrons. The number of furan rings is 1. The van der Waals surface area contributed by atoms with Gasteiger partial charge in [-0.1, -0.05) is 146 Å². The summed E-state index contributed by atoms with van der Waals surface area (Å²) in [5.41, 5.74) is 12.1. The first-order chi connectivity index (χ1) is 29.2. The zero-order valence-corrected chi connectivity index (χ0v) is 32.8. The zero-order chi connectivity index (χ0) is 38.9. The van der Waals surface area contributed by atoms with Gasteiger partial charge in [0.05, 0.1) is 5.69 Å². The highest BCUT2D eigenvalue weighted by Gasteiger charge is 2.22. The molecule has 276 valence electrons. The second-order valence-corrected chi connectivity index (χ2v) is 16.3. The maximum absolute atomic E-state index is 6.65. The van der Waals surface area contributed by atoms with Gasteiger partial charge in [0.15, 0.2) is 0 Å². The highest BCUT2D eigenvalue weighted by molar-refractivity contribution is 7.26. The predicted octanol–water partition coefficient (Wildman–Crippen LogP) is 16.7. The lowest BCUT2D eigenvalue weighted by atomic mass is 9.96. The summed E-state index contributed by atoms with van der Waals surface area (Å²) < 4.78 is 9.19. The van der Waals surface area contributed by atoms with Gasteiger partial charge >= 0.3 is 0 Å². The summed E-state index contributed by atoms with van der Waals surface area (Å²) in [5, 5.41) is 9.85. The minimum absolute atomic E-state index is 0.892. The fraction of sp³-hybridized carbons (Fsp3) is 0. The Morgan fingerprint density at radius 1 is 0.356 bits per heavy atom. The molecule has 0 saturated carbocycles. The molecule has 3 heteroatoms. The van der Waals surface area contributed by atoms with Crippen LogP contribution in [0.15, 0.2) is 217 Å². The number of benzene rings is 10. The van der Waals surface area contributed by atoms with E-state index in [1.807, 2.05) is 11.3 Å². The average molecular weight is 770 g/mol. The van der Waals surface area contributed by atoms with Crippen LogP contribution in [0.4, 0.5) is 17.1 Å². The molecular formula is C56H35NOS. The third-order valence-corrected chi connectivity index (χ3v) is 13.1. The number of para-hydroxylation sites is 1. The quantitative estimate of drug-likeness (QED) is 0.167. The summed E-state index contributed by atoms with van der Waals surface area (Å²) in [4.78, 5) is 2.40. The first-order valence-corrected chi connectivity index (χ1v) is 20.9. The van der Waals surface area contributed by atoms with Crippen molar-refractivity contribution in [3.8, 4) is 33.4 Å². The molecule has 0 spiro atoms. The molecule has 0 amide bonds. The molecule has 0 fully saturated rings. The number of nitrogens with zero attached hydrogens (tertiary/aromatic N) is 1. The van der Waals surface area contributed by atoms with Crippen molar-refractivity contribution in [1.29, 1.82) is 0 Å². The molecule has 59 heavy (non-hydrogen) atoms. The van der Waals surface area contributed by atoms with Gasteiger partial charge in [0, 0.05) is 47.9 Å². The first kappa shape index (κ1) is 33.7. The van der Waals surface area contributed by atoms with Crippen molar-refractivity contribution >= 4 is 92.1 Å². The second kappa shape index (κ2) is 13.6. The van der Waals surface area contributed by atoms with E-state index in [1.165, 1.54) is 69.4 Å². The molecule has 0 saturated heterocycles. The van der Waals surface area contributed by atoms with Crippen molar-refractivity contribution in [1.82, 2.24) is 0 Å². The van der Waals surface area contributed by atoms with Crippen LogP contribution in [-0.2, 0) is 0 Å². The molecule has 2 heterocycles. The SMILES string of the molecule is c1ccc(N(c2ccc(-c3ccc4ccccc4c3)cc2)c2ccc(-c3ccc4ccccc4c3)cc2)c(-c2cccc3oc4ccc5c6ccccc6sc5c4c23)c1. The maximum Gasteiger partial charge on any atom is 0.136 e. The number of anilines is 3. The fourth-order valence-corrected chi connectivity index (χ4v) is 10.2. The Balaban J connectivity index is 1.04. The molecule has 0 N–H and O–H groups in total. The summed E-state index contributed by atoms with van der Waals surface area (Å²) in [7, 11) is 0. The van der Waals surface area contributed by atoms with Crippen molar-refractivity contribution in [2.45, 2.75) is 0 Å². The second-order valence-electron chi connectivity index (χ2n) is 15.3. The Hall–Kier alpha value is -7.46. The smallest absolute Gasteiger partial charge is 0.136 e. The number of thiophene rings is 1. The lowest BCUT2D eigenvalue weighted by molar-refractivity contribution is 0.669. The van der Waals surface area contributed by atoms with E-state index in [4.69, 9.17) is 4.42 Å². The number of rotatable bonds is 6. The minimum atomic E-state index is 0.892. The largest absolute Gasteiger partial charge is 0.456 e. The molecule has 2 aromatic heterocycles. The summed E-state index contributed by atoms with van der Waals surface area (Å²) in [5.74, 6) is 0. The summed E-state index contributed by atoms with van der Waals surface area (Å²) >= 11 is 1.85. The van der Waals surface area contributed by atoms with Crippen LogP contribution in [0.2, 0.25) is 0 Å². The van der Waals surface area contributed by atoms with E-state index >= 15 is 0 Å². The molecule has 12 aromatic rings. The molecular weight excluding hydrogens is 735 g/mol. The van der Waals surface area contributed by atoms with E-state index < -0.39 is 0 Å². The van der Waals surface area contributed by atoms with Crippen LogP contribution in [0.1, 0.15) is 0 Å². The van der Waals surface area contributed by atoms with Gasteiger partial charge in [-0.15, -0.1) is 11.3 Å². The van der Waals surface area contributed by atoms with Crippen LogP contribution in [-0.4, -0.2) is 0 Å². The van der Waals surface area contributed by atoms with Crippen LogP contribution in [0.25, 0.3) is 97.0 Å². The summed E-state index contributed by atoms with van der Waals surface area (Å²) in [6, 6.07) is 76.9. The van der Waals surface area contributed by atoms with Gasteiger partial charge < -0.3 is 9.32 Å². The number of hydrogen-bond acceptors (Lipinski definition) is 3. The van der Waals surface area contributed by atoms with Gasteiger partial charge in [-0.2, -0.15) is 0 Å². The lowest BCUT2D eigenvalue weighted by Gasteiger charge is -2.28. The molecule has 0 aliphatic carbocycles. The minimum Gasteiger partial charge on any atom is -0.456 e. The van der Waals surface area contributed by atoms with Crippen molar-refractivity contribution in [3.63, 3.8) is 0 Å². The molecule has 0 aliphatic heterocycles. The molecule has 10 aromatic carbocycles. The van der Waals surface area contributed by atoms with Crippen molar-refractivity contribution in [3.05, 3.63) is 212 Å². The normalized spacial score (nSPS) is 11.7. The van der Waals surface area contributed by atoms with E-state index in [-0.39, 0.29) is 0 Å². The lowest BCUT2D eigenvalue weighted by Crippen LogP contribution is -2.11. The Labute approximate surface area is 345 Å². The highest BCUT2D eigenvalue weighted by Crippen LogP contribution is 2.48. The van der Waals surface area contributed by atoms with Crippen molar-refractivity contribution in [2.24, 2.45) is 0 Å². The summed E-state index contributed by atoms with van der Waals surface area (Å²) in [6.45, 7) is 0. The van der Waals surface area contributed by atoms with Gasteiger partial charge in [0.2, 0.25) is 0 Å². The molecule has 0 aliphatic rings. The van der Waals surface area contributed by atoms with Crippen LogP contribution >= 0.6 is 11.3 Å². The maximum atomic E-state index is 6.65. The predicted molar refractivity (Wildman–Crippen MR) is 253 cm³/mol. The Kier molecular flexibility index (Phi) is 7.75. The van der Waals surface area contributed by atoms with Crippen LogP contribution < -0.4 is 4.90 Å². The van der Waals surface area contributed by atoms with Crippen molar-refractivity contribution in [2.75, 3.05) is 4.90 Å². The summed E-state index contributed by atoms with van der Waals surface area (Å²) in [6.07, 6.45) is 0. The Bertz CT molecular complexity index is 3430. The monoisotopic (exact) mass is 769 g/mol. The van der Waals surface area contributed by atoms with Crippen LogP contribution in [0.3, 0.4) is 0 Å². The molecule has 2 nitrogen and oxygen atoms in total. The van der Waals surface area contributed by atoms with Gasteiger partial charge in [-0.3, -0.25) is 0 Å². The van der Waals surface area contributed by atoms with Crippen LogP contribution in [0.5, 0.6) is 0 Å². The fourth-order valence-electron chi connectivity index (χ4n) is 8.98. The standard InChI is InChI=1S/C56H35NOS/c1-3-12-40-34-42(22-20-36(40)10-1)38-24-28-44(29-25-38)57(45-30-26-39(27-31-45)43-23-21-37-11-2-4-13-41(37)35-43)50-17-7-5-14-46(50)48-16-9-18-51-54(48)55-52(58-51)33-32-49-47-15-6-8-19-53(47)59-56(49)55/h1-35H. The Morgan fingerprint density at radius 3 is 1.58 bits per heavy atom. The highest BCUT2D eigenvalue weighted by atomic mass is 32.1. The van der Waals surface area contributed by atoms with E-state index in [0.29, 0.717) is 0 Å². The van der Waals surface area contributed by atoms with Gasteiger partial charge in [0.25, 0.3) is 0 Å². The van der Waals surface area contributed by atoms with E-state index in [1.54, 1.807) is 0 Å². The third kappa shape index (κ3) is 5.62. The Morgan fingerprint density at radius 2 is 0.898 bits per heavy atom. The average Bonchev–Trinajstić information content (AvgIpc) is 3.88. The third-order valence-electron chi connectivity index (χ3n) is 11.9. The van der Waals surface area contributed by atoms with Crippen molar-refractivity contribution < 1.29 is 4.42 Å². The zero-order valence-electron chi connectivity index (χ0n) is 32.0. The number of fused-ring (bicyclic) bond motifs is 9. The molecule has 0 bridgehead atoms. The van der Waals surface area contributed by atoms with E-state index in [2.05, 4.69) is 217 Å². The molecule has 0 atom stereocenters.